The molecule has 0 heterocycles. The Bertz CT molecular complexity index is 352. The van der Waals surface area contributed by atoms with Crippen LogP contribution < -0.4 is 0 Å². The maximum absolute atomic E-state index is 8.55. The first-order chi connectivity index (χ1) is 7.97. The Morgan fingerprint density at radius 1 is 1.59 bits per heavy atom. The van der Waals surface area contributed by atoms with Crippen LogP contribution in [0.15, 0.2) is 23.3 Å². The average Bonchev–Trinajstić information content (AvgIpc) is 2.24. The van der Waals surface area contributed by atoms with Gasteiger partial charge in [0.15, 0.2) is 0 Å². The molecule has 1 atom stereocenters. The maximum atomic E-state index is 8.55. The molecule has 0 saturated heterocycles. The molecule has 0 aromatic rings. The summed E-state index contributed by atoms with van der Waals surface area (Å²) in [5.74, 6) is 0.710. The Hall–Kier alpha value is -1.03. The van der Waals surface area contributed by atoms with Crippen molar-refractivity contribution in [2.24, 2.45) is 11.3 Å². The number of hydrogen-bond acceptors (Lipinski definition) is 1. The van der Waals surface area contributed by atoms with Gasteiger partial charge in [0.05, 0.1) is 12.5 Å². The van der Waals surface area contributed by atoms with Crippen LogP contribution in [0, 0.1) is 22.7 Å². The Balaban J connectivity index is 2.58. The van der Waals surface area contributed by atoms with E-state index < -0.39 is 0 Å². The van der Waals surface area contributed by atoms with Crippen LogP contribution in [-0.4, -0.2) is 0 Å². The smallest absolute Gasteiger partial charge is 0.0663 e. The van der Waals surface area contributed by atoms with Crippen molar-refractivity contribution in [3.63, 3.8) is 0 Å². The molecule has 1 nitrogen and oxygen atoms in total. The molecule has 1 aliphatic carbocycles. The van der Waals surface area contributed by atoms with Crippen molar-refractivity contribution in [1.29, 1.82) is 5.26 Å². The van der Waals surface area contributed by atoms with E-state index in [1.807, 2.05) is 0 Å². The topological polar surface area (TPSA) is 23.8 Å². The van der Waals surface area contributed by atoms with Crippen LogP contribution in [-0.2, 0) is 0 Å². The molecule has 1 aliphatic rings. The molecular weight excluding hydrogens is 206 g/mol. The lowest BCUT2D eigenvalue weighted by molar-refractivity contribution is 0.204. The zero-order valence-corrected chi connectivity index (χ0v) is 11.7. The first-order valence-corrected chi connectivity index (χ1v) is 6.66. The Labute approximate surface area is 106 Å². The number of hydrogen-bond donors (Lipinski definition) is 0. The maximum Gasteiger partial charge on any atom is 0.0663 e. The van der Waals surface area contributed by atoms with Crippen molar-refractivity contribution in [3.8, 4) is 6.07 Å². The predicted molar refractivity (Wildman–Crippen MR) is 73.5 cm³/mol. The predicted octanol–water partition coefficient (Wildman–Crippen LogP) is 5.01. The first kappa shape index (κ1) is 14.0. The fourth-order valence-corrected chi connectivity index (χ4v) is 2.92. The first-order valence-electron chi connectivity index (χ1n) is 6.66. The Morgan fingerprint density at radius 2 is 2.29 bits per heavy atom. The van der Waals surface area contributed by atoms with Crippen LogP contribution in [0.2, 0.25) is 0 Å². The largest absolute Gasteiger partial charge is 0.198 e. The normalized spacial score (nSPS) is 24.1. The van der Waals surface area contributed by atoms with Gasteiger partial charge in [-0.1, -0.05) is 37.1 Å². The third-order valence-corrected chi connectivity index (χ3v) is 4.12. The zero-order valence-electron chi connectivity index (χ0n) is 11.7. The molecule has 0 aromatic carbocycles. The Morgan fingerprint density at radius 3 is 2.88 bits per heavy atom. The van der Waals surface area contributed by atoms with Crippen molar-refractivity contribution in [2.45, 2.75) is 59.8 Å². The zero-order chi connectivity index (χ0) is 12.9. The number of rotatable bonds is 4. The summed E-state index contributed by atoms with van der Waals surface area (Å²) in [6, 6.07) is 2.17. The van der Waals surface area contributed by atoms with Gasteiger partial charge in [0.25, 0.3) is 0 Å². The fraction of sp³-hybridized carbons (Fsp3) is 0.688. The van der Waals surface area contributed by atoms with Gasteiger partial charge in [0, 0.05) is 0 Å². The summed E-state index contributed by atoms with van der Waals surface area (Å²) in [6.07, 6.45) is 9.91. The van der Waals surface area contributed by atoms with Crippen molar-refractivity contribution in [2.75, 3.05) is 0 Å². The third-order valence-electron chi connectivity index (χ3n) is 4.12. The Kier molecular flexibility index (Phi) is 5.00. The van der Waals surface area contributed by atoms with Gasteiger partial charge in [-0.25, -0.2) is 0 Å². The summed E-state index contributed by atoms with van der Waals surface area (Å²) in [6.45, 7) is 9.21. The average molecular weight is 231 g/mol. The number of nitriles is 1. The van der Waals surface area contributed by atoms with Crippen LogP contribution in [0.1, 0.15) is 59.8 Å². The van der Waals surface area contributed by atoms with Crippen LogP contribution >= 0.6 is 0 Å². The lowest BCUT2D eigenvalue weighted by Gasteiger charge is -2.38. The molecule has 0 spiro atoms. The summed E-state index contributed by atoms with van der Waals surface area (Å²) in [4.78, 5) is 0. The molecule has 1 heteroatoms. The molecule has 1 unspecified atom stereocenters. The molecule has 1 rings (SSSR count). The van der Waals surface area contributed by atoms with E-state index in [1.54, 1.807) is 5.57 Å². The van der Waals surface area contributed by atoms with Crippen LogP contribution in [0.25, 0.3) is 0 Å². The van der Waals surface area contributed by atoms with Crippen LogP contribution in [0.3, 0.4) is 0 Å². The fourth-order valence-electron chi connectivity index (χ4n) is 2.92. The highest BCUT2D eigenvalue weighted by atomic mass is 14.4. The molecule has 17 heavy (non-hydrogen) atoms. The minimum absolute atomic E-state index is 0.439. The van der Waals surface area contributed by atoms with Gasteiger partial charge < -0.3 is 0 Å². The summed E-state index contributed by atoms with van der Waals surface area (Å²) in [5.41, 5.74) is 3.36. The summed E-state index contributed by atoms with van der Waals surface area (Å²) >= 11 is 0. The minimum Gasteiger partial charge on any atom is -0.198 e. The van der Waals surface area contributed by atoms with E-state index in [1.165, 1.54) is 24.8 Å². The second-order valence-corrected chi connectivity index (χ2v) is 5.98. The van der Waals surface area contributed by atoms with E-state index in [2.05, 4.69) is 45.9 Å². The van der Waals surface area contributed by atoms with Gasteiger partial charge in [0.1, 0.15) is 0 Å². The highest BCUT2D eigenvalue weighted by Crippen LogP contribution is 2.43. The molecule has 0 aliphatic heterocycles. The highest BCUT2D eigenvalue weighted by Gasteiger charge is 2.32. The molecule has 0 bridgehead atoms. The number of nitrogens with zero attached hydrogens (tertiary/aromatic N) is 1. The molecule has 0 saturated carbocycles. The molecule has 0 amide bonds. The van der Waals surface area contributed by atoms with E-state index in [4.69, 9.17) is 5.26 Å². The molecule has 94 valence electrons. The van der Waals surface area contributed by atoms with Crippen LogP contribution in [0.5, 0.6) is 0 Å². The lowest BCUT2D eigenvalue weighted by atomic mass is 9.67. The van der Waals surface area contributed by atoms with Gasteiger partial charge in [-0.05, 0) is 50.9 Å². The van der Waals surface area contributed by atoms with Crippen molar-refractivity contribution in [3.05, 3.63) is 23.3 Å². The van der Waals surface area contributed by atoms with Gasteiger partial charge in [-0.15, -0.1) is 0 Å². The van der Waals surface area contributed by atoms with Crippen molar-refractivity contribution in [1.82, 2.24) is 0 Å². The molecule has 0 fully saturated rings. The van der Waals surface area contributed by atoms with Gasteiger partial charge in [-0.2, -0.15) is 5.26 Å². The van der Waals surface area contributed by atoms with Gasteiger partial charge >= 0.3 is 0 Å². The lowest BCUT2D eigenvalue weighted by Crippen LogP contribution is -2.27. The number of allylic oxidation sites excluding steroid dienone is 4. The summed E-state index contributed by atoms with van der Waals surface area (Å²) in [7, 11) is 0. The van der Waals surface area contributed by atoms with Gasteiger partial charge in [0.2, 0.25) is 0 Å². The van der Waals surface area contributed by atoms with Crippen molar-refractivity contribution < 1.29 is 0 Å². The van der Waals surface area contributed by atoms with E-state index >= 15 is 0 Å². The quantitative estimate of drug-likeness (QED) is 0.624. The minimum atomic E-state index is 0.439. The van der Waals surface area contributed by atoms with Crippen molar-refractivity contribution >= 4 is 0 Å². The second kappa shape index (κ2) is 6.05. The monoisotopic (exact) mass is 231 g/mol. The second-order valence-electron chi connectivity index (χ2n) is 5.98. The van der Waals surface area contributed by atoms with E-state index in [0.717, 1.165) is 6.42 Å². The van der Waals surface area contributed by atoms with E-state index in [9.17, 15) is 0 Å². The van der Waals surface area contributed by atoms with E-state index in [0.29, 0.717) is 17.8 Å². The summed E-state index contributed by atoms with van der Waals surface area (Å²) in [5, 5.41) is 8.55. The van der Waals surface area contributed by atoms with Gasteiger partial charge in [-0.3, -0.25) is 0 Å². The van der Waals surface area contributed by atoms with E-state index in [-0.39, 0.29) is 0 Å². The highest BCUT2D eigenvalue weighted by molar-refractivity contribution is 5.13. The molecule has 0 radical (unpaired) electrons. The van der Waals surface area contributed by atoms with Crippen LogP contribution in [0.4, 0.5) is 0 Å². The SMILES string of the molecule is CC1=CCCC(C)(C)C1CC/C(C)=C/CC#N. The molecule has 0 aromatic heterocycles. The molecular formula is C16H25N. The third kappa shape index (κ3) is 4.04. The standard InChI is InChI=1S/C16H25N/c1-13(7-6-12-17)9-10-15-14(2)8-5-11-16(15,3)4/h7-8,15H,5-6,9-11H2,1-4H3/b13-7+. The molecule has 0 N–H and O–H groups in total. The summed E-state index contributed by atoms with van der Waals surface area (Å²) < 4.78 is 0.